The largest absolute Gasteiger partial charge is 0.494 e. The first-order valence-electron chi connectivity index (χ1n) is 7.63. The molecule has 0 aromatic heterocycles. The average molecular weight is 360 g/mol. The van der Waals surface area contributed by atoms with Crippen LogP contribution in [0.5, 0.6) is 5.75 Å². The van der Waals surface area contributed by atoms with Gasteiger partial charge in [-0.05, 0) is 35.2 Å². The number of benzene rings is 2. The first-order chi connectivity index (χ1) is 11.7. The van der Waals surface area contributed by atoms with Crippen molar-refractivity contribution in [3.05, 3.63) is 52.6 Å². The van der Waals surface area contributed by atoms with Crippen LogP contribution in [0.15, 0.2) is 24.3 Å². The molecule has 7 heteroatoms. The summed E-state index contributed by atoms with van der Waals surface area (Å²) in [5, 5.41) is 0. The number of hydrogen-bond donors (Lipinski definition) is 0. The minimum absolute atomic E-state index is 0.0749. The molecule has 0 atom stereocenters. The minimum atomic E-state index is -4.92. The van der Waals surface area contributed by atoms with Gasteiger partial charge in [-0.15, -0.1) is 0 Å². The zero-order valence-corrected chi connectivity index (χ0v) is 13.4. The van der Waals surface area contributed by atoms with Crippen molar-refractivity contribution in [2.24, 2.45) is 0 Å². The number of methoxy groups -OCH3 is 1. The van der Waals surface area contributed by atoms with Crippen LogP contribution in [0.2, 0.25) is 0 Å². The molecule has 1 aliphatic rings. The number of ether oxygens (including phenoxy) is 1. The van der Waals surface area contributed by atoms with Crippen molar-refractivity contribution in [3.63, 3.8) is 0 Å². The molecule has 0 saturated heterocycles. The highest BCUT2D eigenvalue weighted by Gasteiger charge is 2.65. The van der Waals surface area contributed by atoms with Gasteiger partial charge in [-0.25, -0.2) is 8.78 Å². The highest BCUT2D eigenvalue weighted by atomic mass is 19.3. The fourth-order valence-electron chi connectivity index (χ4n) is 3.17. The molecule has 0 bridgehead atoms. The van der Waals surface area contributed by atoms with E-state index in [1.807, 2.05) is 0 Å². The van der Waals surface area contributed by atoms with Crippen LogP contribution in [0.3, 0.4) is 0 Å². The average Bonchev–Trinajstić information content (AvgIpc) is 2.54. The molecule has 2 aromatic rings. The Kier molecular flexibility index (Phi) is 4.00. The van der Waals surface area contributed by atoms with E-state index in [-0.39, 0.29) is 12.0 Å². The Labute approximate surface area is 140 Å². The standard InChI is InChI=1S/C18H14F6O/c1-3-4-9-5-6-10-11-7-8-12(25-2)16(20)14(11)18(23,24)17(21,22)13(10)15(9)19/h5-8H,3-4H2,1-2H3. The molecular weight excluding hydrogens is 346 g/mol. The molecule has 1 aliphatic carbocycles. The predicted octanol–water partition coefficient (Wildman–Crippen LogP) is 5.79. The van der Waals surface area contributed by atoms with Gasteiger partial charge in [0, 0.05) is 0 Å². The summed E-state index contributed by atoms with van der Waals surface area (Å²) in [5.41, 5.74) is -3.85. The monoisotopic (exact) mass is 360 g/mol. The molecule has 0 spiro atoms. The molecule has 1 nitrogen and oxygen atoms in total. The summed E-state index contributed by atoms with van der Waals surface area (Å²) in [6.45, 7) is 1.71. The Bertz CT molecular complexity index is 844. The smallest absolute Gasteiger partial charge is 0.343 e. The maximum atomic E-state index is 14.6. The van der Waals surface area contributed by atoms with Crippen LogP contribution in [0, 0.1) is 11.6 Å². The van der Waals surface area contributed by atoms with Crippen molar-refractivity contribution in [3.8, 4) is 16.9 Å². The summed E-state index contributed by atoms with van der Waals surface area (Å²) < 4.78 is 91.7. The van der Waals surface area contributed by atoms with Gasteiger partial charge in [0.25, 0.3) is 0 Å². The van der Waals surface area contributed by atoms with E-state index < -0.39 is 51.5 Å². The molecule has 0 saturated carbocycles. The summed E-state index contributed by atoms with van der Waals surface area (Å²) in [6.07, 6.45) is 0.588. The van der Waals surface area contributed by atoms with E-state index in [0.717, 1.165) is 25.3 Å². The van der Waals surface area contributed by atoms with E-state index in [1.165, 1.54) is 6.07 Å². The quantitative estimate of drug-likeness (QED) is 0.630. The third-order valence-electron chi connectivity index (χ3n) is 4.38. The lowest BCUT2D eigenvalue weighted by Crippen LogP contribution is -2.41. The number of alkyl halides is 4. The van der Waals surface area contributed by atoms with Crippen LogP contribution < -0.4 is 4.74 Å². The van der Waals surface area contributed by atoms with Crippen molar-refractivity contribution in [2.75, 3.05) is 7.11 Å². The third-order valence-corrected chi connectivity index (χ3v) is 4.38. The lowest BCUT2D eigenvalue weighted by atomic mass is 9.79. The first kappa shape index (κ1) is 17.6. The maximum Gasteiger partial charge on any atom is 0.343 e. The molecule has 134 valence electrons. The van der Waals surface area contributed by atoms with Gasteiger partial charge in [0.15, 0.2) is 11.6 Å². The van der Waals surface area contributed by atoms with Gasteiger partial charge in [0.1, 0.15) is 5.82 Å². The summed E-state index contributed by atoms with van der Waals surface area (Å²) in [6, 6.07) is 4.49. The number of fused-ring (bicyclic) bond motifs is 3. The molecule has 25 heavy (non-hydrogen) atoms. The highest BCUT2D eigenvalue weighted by molar-refractivity contribution is 5.77. The predicted molar refractivity (Wildman–Crippen MR) is 80.1 cm³/mol. The minimum Gasteiger partial charge on any atom is -0.494 e. The van der Waals surface area contributed by atoms with Crippen molar-refractivity contribution >= 4 is 0 Å². The molecule has 0 N–H and O–H groups in total. The SMILES string of the molecule is CCCc1ccc2c(c1F)C(F)(F)C(F)(F)c1c-2ccc(OC)c1F. The Balaban J connectivity index is 2.42. The Morgan fingerprint density at radius 2 is 1.36 bits per heavy atom. The Morgan fingerprint density at radius 3 is 1.88 bits per heavy atom. The van der Waals surface area contributed by atoms with Gasteiger partial charge >= 0.3 is 11.8 Å². The van der Waals surface area contributed by atoms with E-state index in [1.54, 1.807) is 6.92 Å². The second kappa shape index (κ2) is 5.68. The molecule has 0 heterocycles. The summed E-state index contributed by atoms with van der Waals surface area (Å²) in [5.74, 6) is -13.3. The van der Waals surface area contributed by atoms with Crippen LogP contribution in [0.1, 0.15) is 30.0 Å². The normalized spacial score (nSPS) is 17.0. The molecule has 0 unspecified atom stereocenters. The summed E-state index contributed by atoms with van der Waals surface area (Å²) in [7, 11) is 1.04. The van der Waals surface area contributed by atoms with Gasteiger partial charge < -0.3 is 4.74 Å². The molecular formula is C18H14F6O. The van der Waals surface area contributed by atoms with Crippen LogP contribution in [-0.4, -0.2) is 7.11 Å². The number of rotatable bonds is 3. The molecule has 0 fully saturated rings. The van der Waals surface area contributed by atoms with Crippen LogP contribution >= 0.6 is 0 Å². The molecule has 0 radical (unpaired) electrons. The molecule has 0 amide bonds. The van der Waals surface area contributed by atoms with Crippen molar-refractivity contribution in [2.45, 2.75) is 31.6 Å². The van der Waals surface area contributed by atoms with Crippen LogP contribution in [-0.2, 0) is 18.3 Å². The summed E-state index contributed by atoms with van der Waals surface area (Å²) >= 11 is 0. The van der Waals surface area contributed by atoms with Crippen LogP contribution in [0.4, 0.5) is 26.3 Å². The maximum absolute atomic E-state index is 14.6. The van der Waals surface area contributed by atoms with E-state index >= 15 is 0 Å². The molecule has 2 aromatic carbocycles. The van der Waals surface area contributed by atoms with Gasteiger partial charge in [0.2, 0.25) is 0 Å². The van der Waals surface area contributed by atoms with Crippen molar-refractivity contribution in [1.29, 1.82) is 0 Å². The molecule has 3 rings (SSSR count). The fraction of sp³-hybridized carbons (Fsp3) is 0.333. The third kappa shape index (κ3) is 2.24. The highest BCUT2D eigenvalue weighted by Crippen LogP contribution is 2.59. The lowest BCUT2D eigenvalue weighted by molar-refractivity contribution is -0.227. The zero-order chi connectivity index (χ0) is 18.6. The number of halogens is 6. The lowest BCUT2D eigenvalue weighted by Gasteiger charge is -2.35. The molecule has 0 aliphatic heterocycles. The Hall–Kier alpha value is -2.18. The topological polar surface area (TPSA) is 9.23 Å². The Morgan fingerprint density at radius 1 is 0.840 bits per heavy atom. The van der Waals surface area contributed by atoms with Crippen LogP contribution in [0.25, 0.3) is 11.1 Å². The van der Waals surface area contributed by atoms with Gasteiger partial charge in [-0.3, -0.25) is 0 Å². The van der Waals surface area contributed by atoms with E-state index in [9.17, 15) is 26.3 Å². The van der Waals surface area contributed by atoms with E-state index in [0.29, 0.717) is 6.42 Å². The number of aryl methyl sites for hydroxylation is 1. The van der Waals surface area contributed by atoms with Gasteiger partial charge in [-0.1, -0.05) is 25.5 Å². The van der Waals surface area contributed by atoms with Crippen molar-refractivity contribution in [1.82, 2.24) is 0 Å². The second-order valence-corrected chi connectivity index (χ2v) is 5.86. The fourth-order valence-corrected chi connectivity index (χ4v) is 3.17. The van der Waals surface area contributed by atoms with E-state index in [4.69, 9.17) is 0 Å². The zero-order valence-electron chi connectivity index (χ0n) is 13.4. The second-order valence-electron chi connectivity index (χ2n) is 5.86. The van der Waals surface area contributed by atoms with Gasteiger partial charge in [0.05, 0.1) is 18.2 Å². The van der Waals surface area contributed by atoms with E-state index in [2.05, 4.69) is 4.74 Å². The number of hydrogen-bond acceptors (Lipinski definition) is 1. The van der Waals surface area contributed by atoms with Gasteiger partial charge in [-0.2, -0.15) is 17.6 Å². The first-order valence-corrected chi connectivity index (χ1v) is 7.63. The van der Waals surface area contributed by atoms with Crippen molar-refractivity contribution < 1.29 is 31.1 Å². The summed E-state index contributed by atoms with van der Waals surface area (Å²) in [4.78, 5) is 0.